The molecule has 4 heteroatoms. The second-order valence-electron chi connectivity index (χ2n) is 4.63. The zero-order chi connectivity index (χ0) is 14.5. The number of carboxylic acids is 1. The topological polar surface area (TPSA) is 75.3 Å². The molecule has 0 bridgehead atoms. The van der Waals surface area contributed by atoms with Gasteiger partial charge in [0.25, 0.3) is 0 Å². The monoisotopic (exact) mass is 270 g/mol. The van der Waals surface area contributed by atoms with Crippen molar-refractivity contribution >= 4 is 17.3 Å². The zero-order valence-electron chi connectivity index (χ0n) is 11.4. The maximum atomic E-state index is 10.9. The van der Waals surface area contributed by atoms with Crippen LogP contribution in [0.1, 0.15) is 28.4 Å². The average Bonchev–Trinajstić information content (AvgIpc) is 2.45. The van der Waals surface area contributed by atoms with E-state index in [-0.39, 0.29) is 11.3 Å². The summed E-state index contributed by atoms with van der Waals surface area (Å²) in [6.07, 6.45) is 1.03. The number of nitrogens with two attached hydrogens (primary N) is 1. The van der Waals surface area contributed by atoms with Crippen molar-refractivity contribution in [3.63, 3.8) is 0 Å². The minimum atomic E-state index is -1.01. The molecule has 0 radical (unpaired) electrons. The third-order valence-electron chi connectivity index (χ3n) is 3.21. The number of carbonyl (C=O) groups is 1. The average molecular weight is 270 g/mol. The van der Waals surface area contributed by atoms with Crippen molar-refractivity contribution in [1.82, 2.24) is 0 Å². The van der Waals surface area contributed by atoms with E-state index in [1.165, 1.54) is 17.2 Å². The van der Waals surface area contributed by atoms with Gasteiger partial charge in [0.2, 0.25) is 0 Å². The highest BCUT2D eigenvalue weighted by atomic mass is 16.4. The Morgan fingerprint density at radius 2 is 1.80 bits per heavy atom. The van der Waals surface area contributed by atoms with Crippen LogP contribution < -0.4 is 11.1 Å². The number of nitrogens with one attached hydrogen (secondary N) is 1. The van der Waals surface area contributed by atoms with E-state index < -0.39 is 5.97 Å². The molecule has 4 nitrogen and oxygen atoms in total. The highest BCUT2D eigenvalue weighted by Crippen LogP contribution is 2.18. The van der Waals surface area contributed by atoms with Crippen LogP contribution in [0.15, 0.2) is 42.5 Å². The standard InChI is InChI=1S/C16H18N2O2/c1-2-11-3-5-12(6-4-11)10-18-13-7-8-14(16(19)20)15(17)9-13/h3-9,18H,2,10,17H2,1H3,(H,19,20). The summed E-state index contributed by atoms with van der Waals surface area (Å²) in [5.74, 6) is -1.01. The smallest absolute Gasteiger partial charge is 0.337 e. The van der Waals surface area contributed by atoms with E-state index >= 15 is 0 Å². The summed E-state index contributed by atoms with van der Waals surface area (Å²) in [7, 11) is 0. The van der Waals surface area contributed by atoms with Crippen molar-refractivity contribution < 1.29 is 9.90 Å². The van der Waals surface area contributed by atoms with Crippen LogP contribution in [0.4, 0.5) is 11.4 Å². The van der Waals surface area contributed by atoms with Gasteiger partial charge in [-0.3, -0.25) is 0 Å². The Bertz CT molecular complexity index is 606. The summed E-state index contributed by atoms with van der Waals surface area (Å²) >= 11 is 0. The fourth-order valence-corrected chi connectivity index (χ4v) is 1.96. The van der Waals surface area contributed by atoms with Crippen molar-refractivity contribution in [1.29, 1.82) is 0 Å². The highest BCUT2D eigenvalue weighted by Gasteiger charge is 2.07. The van der Waals surface area contributed by atoms with Gasteiger partial charge >= 0.3 is 5.97 Å². The second kappa shape index (κ2) is 6.10. The number of hydrogen-bond acceptors (Lipinski definition) is 3. The SMILES string of the molecule is CCc1ccc(CNc2ccc(C(=O)O)c(N)c2)cc1. The molecule has 0 heterocycles. The molecule has 0 fully saturated rings. The van der Waals surface area contributed by atoms with Gasteiger partial charge in [0.1, 0.15) is 0 Å². The summed E-state index contributed by atoms with van der Waals surface area (Å²) < 4.78 is 0. The number of anilines is 2. The van der Waals surface area contributed by atoms with E-state index in [0.717, 1.165) is 12.1 Å². The van der Waals surface area contributed by atoms with Gasteiger partial charge in [-0.2, -0.15) is 0 Å². The van der Waals surface area contributed by atoms with Gasteiger partial charge in [-0.25, -0.2) is 4.79 Å². The largest absolute Gasteiger partial charge is 0.478 e. The van der Waals surface area contributed by atoms with Gasteiger partial charge in [-0.15, -0.1) is 0 Å². The van der Waals surface area contributed by atoms with Crippen LogP contribution in [0, 0.1) is 0 Å². The Hall–Kier alpha value is -2.49. The minimum absolute atomic E-state index is 0.128. The first-order valence-corrected chi connectivity index (χ1v) is 6.54. The molecule has 0 atom stereocenters. The van der Waals surface area contributed by atoms with E-state index in [0.29, 0.717) is 6.54 Å². The van der Waals surface area contributed by atoms with Crippen molar-refractivity contribution in [3.8, 4) is 0 Å². The molecule has 0 aliphatic rings. The molecular formula is C16H18N2O2. The van der Waals surface area contributed by atoms with Crippen molar-refractivity contribution in [2.45, 2.75) is 19.9 Å². The van der Waals surface area contributed by atoms with Crippen molar-refractivity contribution in [3.05, 3.63) is 59.2 Å². The molecule has 0 spiro atoms. The lowest BCUT2D eigenvalue weighted by Gasteiger charge is -2.09. The Kier molecular flexibility index (Phi) is 4.25. The van der Waals surface area contributed by atoms with E-state index in [1.54, 1.807) is 12.1 Å². The van der Waals surface area contributed by atoms with E-state index in [9.17, 15) is 4.79 Å². The third kappa shape index (κ3) is 3.29. The first-order chi connectivity index (χ1) is 9.60. The number of carboxylic acid groups (broad SMARTS) is 1. The lowest BCUT2D eigenvalue weighted by molar-refractivity contribution is 0.0698. The quantitative estimate of drug-likeness (QED) is 0.730. The summed E-state index contributed by atoms with van der Waals surface area (Å²) in [5.41, 5.74) is 9.39. The Morgan fingerprint density at radius 3 is 2.35 bits per heavy atom. The number of aryl methyl sites for hydroxylation is 1. The number of aromatic carboxylic acids is 1. The molecule has 20 heavy (non-hydrogen) atoms. The first kappa shape index (κ1) is 13.9. The molecule has 2 rings (SSSR count). The van der Waals surface area contributed by atoms with Gasteiger partial charge in [0, 0.05) is 17.9 Å². The number of nitrogen functional groups attached to an aromatic ring is 1. The van der Waals surface area contributed by atoms with E-state index in [4.69, 9.17) is 10.8 Å². The fraction of sp³-hybridized carbons (Fsp3) is 0.188. The molecule has 0 unspecified atom stereocenters. The van der Waals surface area contributed by atoms with Crippen LogP contribution in [0.25, 0.3) is 0 Å². The van der Waals surface area contributed by atoms with Crippen LogP contribution in [0.3, 0.4) is 0 Å². The molecule has 2 aromatic rings. The third-order valence-corrected chi connectivity index (χ3v) is 3.21. The molecule has 0 aromatic heterocycles. The van der Waals surface area contributed by atoms with Gasteiger partial charge in [-0.1, -0.05) is 31.2 Å². The van der Waals surface area contributed by atoms with Crippen LogP contribution in [-0.2, 0) is 13.0 Å². The Labute approximate surface area is 118 Å². The second-order valence-corrected chi connectivity index (χ2v) is 4.63. The molecule has 0 aliphatic carbocycles. The van der Waals surface area contributed by atoms with Crippen LogP contribution >= 0.6 is 0 Å². The molecule has 4 N–H and O–H groups in total. The Morgan fingerprint density at radius 1 is 1.15 bits per heavy atom. The molecule has 0 aliphatic heterocycles. The summed E-state index contributed by atoms with van der Waals surface area (Å²) in [6, 6.07) is 13.3. The van der Waals surface area contributed by atoms with Gasteiger partial charge < -0.3 is 16.2 Å². The fourth-order valence-electron chi connectivity index (χ4n) is 1.96. The molecule has 2 aromatic carbocycles. The number of rotatable bonds is 5. The molecule has 0 amide bonds. The van der Waals surface area contributed by atoms with E-state index in [1.807, 2.05) is 0 Å². The highest BCUT2D eigenvalue weighted by molar-refractivity contribution is 5.94. The number of benzene rings is 2. The molecule has 0 saturated carbocycles. The molecule has 104 valence electrons. The number of hydrogen-bond donors (Lipinski definition) is 3. The van der Waals surface area contributed by atoms with Crippen molar-refractivity contribution in [2.75, 3.05) is 11.1 Å². The molecular weight excluding hydrogens is 252 g/mol. The summed E-state index contributed by atoms with van der Waals surface area (Å²) in [6.45, 7) is 2.80. The summed E-state index contributed by atoms with van der Waals surface area (Å²) in [5, 5.41) is 12.1. The molecule has 0 saturated heterocycles. The van der Waals surface area contributed by atoms with Crippen molar-refractivity contribution in [2.24, 2.45) is 0 Å². The lowest BCUT2D eigenvalue weighted by atomic mass is 10.1. The van der Waals surface area contributed by atoms with Crippen LogP contribution in [0.5, 0.6) is 0 Å². The van der Waals surface area contributed by atoms with Gasteiger partial charge in [0.15, 0.2) is 0 Å². The maximum Gasteiger partial charge on any atom is 0.337 e. The maximum absolute atomic E-state index is 10.9. The van der Waals surface area contributed by atoms with Gasteiger partial charge in [0.05, 0.1) is 5.56 Å². The van der Waals surface area contributed by atoms with Gasteiger partial charge in [-0.05, 0) is 35.7 Å². The zero-order valence-corrected chi connectivity index (χ0v) is 11.4. The van der Waals surface area contributed by atoms with Crippen LogP contribution in [0.2, 0.25) is 0 Å². The van der Waals surface area contributed by atoms with E-state index in [2.05, 4.69) is 36.5 Å². The first-order valence-electron chi connectivity index (χ1n) is 6.54. The lowest BCUT2D eigenvalue weighted by Crippen LogP contribution is -2.04. The Balaban J connectivity index is 2.03. The van der Waals surface area contributed by atoms with Crippen LogP contribution in [-0.4, -0.2) is 11.1 Å². The predicted molar refractivity (Wildman–Crippen MR) is 81.0 cm³/mol. The summed E-state index contributed by atoms with van der Waals surface area (Å²) in [4.78, 5) is 10.9. The minimum Gasteiger partial charge on any atom is -0.478 e. The normalized spacial score (nSPS) is 10.2. The predicted octanol–water partition coefficient (Wildman–Crippen LogP) is 3.14.